The number of esters is 1. The molecular formula is C13H14N2O2S. The molecule has 0 atom stereocenters. The average Bonchev–Trinajstić information content (AvgIpc) is 2.92. The number of nitrogens with two attached hydrogens (primary N) is 1. The molecule has 0 radical (unpaired) electrons. The highest BCUT2D eigenvalue weighted by atomic mass is 32.1. The maximum Gasteiger partial charge on any atom is 0.356 e. The van der Waals surface area contributed by atoms with E-state index in [2.05, 4.69) is 4.98 Å². The Morgan fingerprint density at radius 3 is 2.89 bits per heavy atom. The fraction of sp³-hybridized carbons (Fsp3) is 0.231. The quantitative estimate of drug-likeness (QED) is 0.837. The van der Waals surface area contributed by atoms with Gasteiger partial charge in [-0.05, 0) is 23.1 Å². The summed E-state index contributed by atoms with van der Waals surface area (Å²) in [6.07, 6.45) is 2.33. The van der Waals surface area contributed by atoms with Crippen LogP contribution in [0.15, 0.2) is 35.8 Å². The van der Waals surface area contributed by atoms with Crippen LogP contribution < -0.4 is 5.73 Å². The summed E-state index contributed by atoms with van der Waals surface area (Å²) >= 11 is 1.65. The summed E-state index contributed by atoms with van der Waals surface area (Å²) in [5.74, 6) is -0.393. The number of ether oxygens (including phenoxy) is 1. The van der Waals surface area contributed by atoms with Crippen LogP contribution in [0.1, 0.15) is 20.9 Å². The van der Waals surface area contributed by atoms with E-state index in [4.69, 9.17) is 10.5 Å². The van der Waals surface area contributed by atoms with Crippen molar-refractivity contribution in [2.75, 3.05) is 6.61 Å². The second kappa shape index (κ2) is 6.28. The fourth-order valence-corrected chi connectivity index (χ4v) is 2.13. The summed E-state index contributed by atoms with van der Waals surface area (Å²) in [6.45, 7) is 0.792. The molecule has 2 N–H and O–H groups in total. The smallest absolute Gasteiger partial charge is 0.356 e. The number of hydrogen-bond acceptors (Lipinski definition) is 5. The number of nitrogens with zero attached hydrogens (tertiary/aromatic N) is 1. The van der Waals surface area contributed by atoms with Crippen LogP contribution in [0.4, 0.5) is 0 Å². The van der Waals surface area contributed by atoms with Crippen molar-refractivity contribution < 1.29 is 9.53 Å². The minimum atomic E-state index is -0.393. The van der Waals surface area contributed by atoms with E-state index in [-0.39, 0.29) is 0 Å². The third-order valence-corrected chi connectivity index (χ3v) is 3.37. The Morgan fingerprint density at radius 1 is 1.39 bits per heavy atom. The summed E-state index contributed by atoms with van der Waals surface area (Å²) in [4.78, 5) is 16.9. The topological polar surface area (TPSA) is 65.2 Å². The van der Waals surface area contributed by atoms with Crippen LogP contribution >= 0.6 is 11.3 Å². The molecule has 0 amide bonds. The van der Waals surface area contributed by atoms with Crippen LogP contribution in [0.25, 0.3) is 0 Å². The molecule has 0 spiro atoms. The number of hydrogen-bond donors (Lipinski definition) is 1. The lowest BCUT2D eigenvalue weighted by Gasteiger charge is -2.03. The number of carbonyl (C=O) groups is 1. The lowest BCUT2D eigenvalue weighted by Crippen LogP contribution is -2.10. The molecule has 94 valence electrons. The zero-order valence-corrected chi connectivity index (χ0v) is 10.7. The first-order valence-corrected chi connectivity index (χ1v) is 6.52. The molecule has 0 aliphatic carbocycles. The molecule has 18 heavy (non-hydrogen) atoms. The monoisotopic (exact) mass is 262 g/mol. The van der Waals surface area contributed by atoms with Gasteiger partial charge in [0.15, 0.2) is 0 Å². The third kappa shape index (κ3) is 3.38. The molecule has 2 heterocycles. The molecule has 0 fully saturated rings. The lowest BCUT2D eigenvalue weighted by molar-refractivity contribution is 0.0503. The van der Waals surface area contributed by atoms with Gasteiger partial charge >= 0.3 is 5.97 Å². The van der Waals surface area contributed by atoms with E-state index in [1.54, 1.807) is 29.7 Å². The van der Waals surface area contributed by atoms with Gasteiger partial charge < -0.3 is 10.5 Å². The minimum Gasteiger partial charge on any atom is -0.461 e. The van der Waals surface area contributed by atoms with E-state index in [0.29, 0.717) is 18.8 Å². The summed E-state index contributed by atoms with van der Waals surface area (Å²) in [5, 5.41) is 2.00. The molecule has 0 unspecified atom stereocenters. The van der Waals surface area contributed by atoms with Crippen molar-refractivity contribution in [3.63, 3.8) is 0 Å². The van der Waals surface area contributed by atoms with Crippen LogP contribution in [0.5, 0.6) is 0 Å². The predicted molar refractivity (Wildman–Crippen MR) is 70.4 cm³/mol. The van der Waals surface area contributed by atoms with Crippen LogP contribution in [-0.2, 0) is 17.7 Å². The number of pyridine rings is 1. The van der Waals surface area contributed by atoms with Gasteiger partial charge in [0.25, 0.3) is 0 Å². The van der Waals surface area contributed by atoms with Gasteiger partial charge in [-0.15, -0.1) is 11.3 Å². The van der Waals surface area contributed by atoms with Crippen molar-refractivity contribution in [3.05, 3.63) is 52.0 Å². The Hall–Kier alpha value is -1.72. The molecule has 5 heteroatoms. The van der Waals surface area contributed by atoms with Gasteiger partial charge in [-0.25, -0.2) is 9.78 Å². The molecule has 2 aromatic rings. The zero-order valence-electron chi connectivity index (χ0n) is 9.83. The van der Waals surface area contributed by atoms with Crippen LogP contribution in [0.3, 0.4) is 0 Å². The second-order valence-corrected chi connectivity index (χ2v) is 4.75. The molecule has 2 rings (SSSR count). The molecule has 0 aliphatic heterocycles. The molecule has 0 saturated carbocycles. The summed E-state index contributed by atoms with van der Waals surface area (Å²) in [6, 6.07) is 7.42. The predicted octanol–water partition coefficient (Wildman–Crippen LogP) is 2.00. The molecule has 0 saturated heterocycles. The van der Waals surface area contributed by atoms with E-state index in [9.17, 15) is 4.79 Å². The highest BCUT2D eigenvalue weighted by molar-refractivity contribution is 7.09. The van der Waals surface area contributed by atoms with Gasteiger partial charge in [0, 0.05) is 24.0 Å². The number of thiophene rings is 1. The van der Waals surface area contributed by atoms with Gasteiger partial charge in [-0.1, -0.05) is 12.1 Å². The van der Waals surface area contributed by atoms with E-state index in [1.165, 1.54) is 4.88 Å². The second-order valence-electron chi connectivity index (χ2n) is 3.72. The van der Waals surface area contributed by atoms with Crippen molar-refractivity contribution in [1.82, 2.24) is 4.98 Å². The molecule has 4 nitrogen and oxygen atoms in total. The summed E-state index contributed by atoms with van der Waals surface area (Å²) in [5.41, 5.74) is 6.67. The Bertz CT molecular complexity index is 494. The van der Waals surface area contributed by atoms with Crippen molar-refractivity contribution in [2.45, 2.75) is 13.0 Å². The standard InChI is InChI=1S/C13H14N2O2S/c14-8-10-3-4-12(15-9-10)13(16)17-6-5-11-2-1-7-18-11/h1-4,7,9H,5-6,8,14H2. The highest BCUT2D eigenvalue weighted by Crippen LogP contribution is 2.09. The van der Waals surface area contributed by atoms with Crippen LogP contribution in [0.2, 0.25) is 0 Å². The summed E-state index contributed by atoms with van der Waals surface area (Å²) < 4.78 is 5.15. The molecule has 0 bridgehead atoms. The lowest BCUT2D eigenvalue weighted by atomic mass is 10.2. The van der Waals surface area contributed by atoms with Gasteiger partial charge in [0.05, 0.1) is 6.61 Å². The zero-order chi connectivity index (χ0) is 12.8. The van der Waals surface area contributed by atoms with E-state index in [0.717, 1.165) is 12.0 Å². The number of carbonyl (C=O) groups excluding carboxylic acids is 1. The Labute approximate surface area is 109 Å². The first-order chi connectivity index (χ1) is 8.79. The Balaban J connectivity index is 1.83. The SMILES string of the molecule is NCc1ccc(C(=O)OCCc2cccs2)nc1. The maximum atomic E-state index is 11.7. The van der Waals surface area contributed by atoms with Crippen molar-refractivity contribution in [1.29, 1.82) is 0 Å². The van der Waals surface area contributed by atoms with Crippen molar-refractivity contribution in [2.24, 2.45) is 5.73 Å². The van der Waals surface area contributed by atoms with Crippen LogP contribution in [0, 0.1) is 0 Å². The first kappa shape index (κ1) is 12.7. The van der Waals surface area contributed by atoms with E-state index >= 15 is 0 Å². The minimum absolute atomic E-state index is 0.318. The maximum absolute atomic E-state index is 11.7. The van der Waals surface area contributed by atoms with E-state index < -0.39 is 5.97 Å². The van der Waals surface area contributed by atoms with Gasteiger partial charge in [-0.2, -0.15) is 0 Å². The molecular weight excluding hydrogens is 248 g/mol. The molecule has 0 aromatic carbocycles. The highest BCUT2D eigenvalue weighted by Gasteiger charge is 2.08. The first-order valence-electron chi connectivity index (χ1n) is 5.64. The van der Waals surface area contributed by atoms with Gasteiger partial charge in [0.1, 0.15) is 5.69 Å². The Morgan fingerprint density at radius 2 is 2.28 bits per heavy atom. The van der Waals surface area contributed by atoms with Gasteiger partial charge in [0.2, 0.25) is 0 Å². The third-order valence-electron chi connectivity index (χ3n) is 2.43. The van der Waals surface area contributed by atoms with E-state index in [1.807, 2.05) is 17.5 Å². The average molecular weight is 262 g/mol. The Kier molecular flexibility index (Phi) is 4.44. The van der Waals surface area contributed by atoms with Crippen molar-refractivity contribution >= 4 is 17.3 Å². The number of aromatic nitrogens is 1. The largest absolute Gasteiger partial charge is 0.461 e. The number of rotatable bonds is 5. The van der Waals surface area contributed by atoms with Crippen LogP contribution in [-0.4, -0.2) is 17.6 Å². The normalized spacial score (nSPS) is 10.3. The van der Waals surface area contributed by atoms with Crippen molar-refractivity contribution in [3.8, 4) is 0 Å². The molecule has 2 aromatic heterocycles. The fourth-order valence-electron chi connectivity index (χ4n) is 1.44. The van der Waals surface area contributed by atoms with Gasteiger partial charge in [-0.3, -0.25) is 0 Å². The molecule has 0 aliphatic rings. The summed E-state index contributed by atoms with van der Waals surface area (Å²) in [7, 11) is 0.